The summed E-state index contributed by atoms with van der Waals surface area (Å²) in [7, 11) is 2.01. The minimum atomic E-state index is -0.0485. The zero-order valence-corrected chi connectivity index (χ0v) is 12.0. The number of halogens is 1. The van der Waals surface area contributed by atoms with Crippen molar-refractivity contribution < 1.29 is 5.11 Å². The third-order valence-electron chi connectivity index (χ3n) is 3.33. The van der Waals surface area contributed by atoms with E-state index < -0.39 is 0 Å². The Bertz CT molecular complexity index is 568. The number of aliphatic hydroxyl groups excluding tert-OH is 1. The number of rotatable bonds is 4. The van der Waals surface area contributed by atoms with E-state index in [4.69, 9.17) is 11.6 Å². The maximum Gasteiger partial charge on any atom is 0.0716 e. The van der Waals surface area contributed by atoms with Gasteiger partial charge in [-0.1, -0.05) is 41.9 Å². The highest BCUT2D eigenvalue weighted by Crippen LogP contribution is 2.28. The molecule has 2 nitrogen and oxygen atoms in total. The van der Waals surface area contributed by atoms with Gasteiger partial charge < -0.3 is 10.0 Å². The molecule has 0 aliphatic heterocycles. The molecule has 2 rings (SSSR count). The summed E-state index contributed by atoms with van der Waals surface area (Å²) in [5.41, 5.74) is 4.29. The van der Waals surface area contributed by atoms with Crippen LogP contribution in [-0.4, -0.2) is 12.2 Å². The van der Waals surface area contributed by atoms with Crippen molar-refractivity contribution in [3.63, 3.8) is 0 Å². The molecule has 3 heteroatoms. The Morgan fingerprint density at radius 2 is 1.84 bits per heavy atom. The molecule has 0 fully saturated rings. The number of hydrogen-bond acceptors (Lipinski definition) is 2. The van der Waals surface area contributed by atoms with Crippen LogP contribution in [0.3, 0.4) is 0 Å². The zero-order valence-electron chi connectivity index (χ0n) is 11.2. The van der Waals surface area contributed by atoms with E-state index in [1.54, 1.807) is 6.07 Å². The van der Waals surface area contributed by atoms with Crippen LogP contribution in [0.25, 0.3) is 0 Å². The van der Waals surface area contributed by atoms with E-state index in [0.717, 1.165) is 17.8 Å². The molecular formula is C16H18ClNO. The molecule has 0 atom stereocenters. The fraction of sp³-hybridized carbons (Fsp3) is 0.250. The largest absolute Gasteiger partial charge is 0.392 e. The third-order valence-corrected chi connectivity index (χ3v) is 3.69. The van der Waals surface area contributed by atoms with Gasteiger partial charge in [-0.15, -0.1) is 0 Å². The van der Waals surface area contributed by atoms with E-state index in [9.17, 15) is 5.11 Å². The first-order valence-electron chi connectivity index (χ1n) is 6.27. The summed E-state index contributed by atoms with van der Waals surface area (Å²) in [4.78, 5) is 2.11. The van der Waals surface area contributed by atoms with E-state index in [1.807, 2.05) is 31.3 Å². The number of aliphatic hydroxyl groups is 1. The third kappa shape index (κ3) is 3.09. The number of hydrogen-bond donors (Lipinski definition) is 1. The van der Waals surface area contributed by atoms with Gasteiger partial charge in [0.25, 0.3) is 0 Å². The summed E-state index contributed by atoms with van der Waals surface area (Å²) in [6.45, 7) is 2.85. The Labute approximate surface area is 119 Å². The summed E-state index contributed by atoms with van der Waals surface area (Å²) >= 11 is 6.12. The molecule has 0 aliphatic carbocycles. The number of benzene rings is 2. The van der Waals surface area contributed by atoms with Crippen LogP contribution in [0.2, 0.25) is 5.02 Å². The monoisotopic (exact) mass is 275 g/mol. The summed E-state index contributed by atoms with van der Waals surface area (Å²) in [5, 5.41) is 10.1. The van der Waals surface area contributed by atoms with Crippen molar-refractivity contribution in [3.05, 3.63) is 64.2 Å². The first-order valence-corrected chi connectivity index (χ1v) is 6.65. The fourth-order valence-electron chi connectivity index (χ4n) is 2.19. The van der Waals surface area contributed by atoms with Crippen LogP contribution >= 0.6 is 11.6 Å². The normalized spacial score (nSPS) is 10.5. The van der Waals surface area contributed by atoms with Crippen LogP contribution in [0.5, 0.6) is 0 Å². The van der Waals surface area contributed by atoms with Gasteiger partial charge in [0.05, 0.1) is 6.61 Å². The van der Waals surface area contributed by atoms with Gasteiger partial charge in [0.15, 0.2) is 0 Å². The van der Waals surface area contributed by atoms with Crippen molar-refractivity contribution >= 4 is 17.3 Å². The van der Waals surface area contributed by atoms with E-state index in [-0.39, 0.29) is 6.61 Å². The second kappa shape index (κ2) is 6.09. The topological polar surface area (TPSA) is 23.5 Å². The lowest BCUT2D eigenvalue weighted by Crippen LogP contribution is -2.18. The standard InChI is InChI=1S/C16H18ClNO/c1-12-6-3-4-7-13(12)10-18(2)16-9-5-8-15(17)14(16)11-19/h3-9,19H,10-11H2,1-2H3. The first-order chi connectivity index (χ1) is 9.13. The highest BCUT2D eigenvalue weighted by atomic mass is 35.5. The molecule has 0 spiro atoms. The van der Waals surface area contributed by atoms with Gasteiger partial charge in [-0.05, 0) is 30.2 Å². The fourth-order valence-corrected chi connectivity index (χ4v) is 2.42. The molecule has 0 aliphatic rings. The van der Waals surface area contributed by atoms with Crippen LogP contribution in [0.1, 0.15) is 16.7 Å². The van der Waals surface area contributed by atoms with Gasteiger partial charge in [-0.25, -0.2) is 0 Å². The SMILES string of the molecule is Cc1ccccc1CN(C)c1cccc(Cl)c1CO. The minimum absolute atomic E-state index is 0.0485. The van der Waals surface area contributed by atoms with Crippen LogP contribution in [0.15, 0.2) is 42.5 Å². The van der Waals surface area contributed by atoms with Crippen LogP contribution in [0.4, 0.5) is 5.69 Å². The molecule has 0 radical (unpaired) electrons. The van der Waals surface area contributed by atoms with Crippen LogP contribution < -0.4 is 4.90 Å². The Morgan fingerprint density at radius 1 is 1.11 bits per heavy atom. The second-order valence-corrected chi connectivity index (χ2v) is 5.09. The lowest BCUT2D eigenvalue weighted by Gasteiger charge is -2.23. The van der Waals surface area contributed by atoms with Crippen molar-refractivity contribution in [3.8, 4) is 0 Å². The molecule has 1 N–H and O–H groups in total. The quantitative estimate of drug-likeness (QED) is 0.918. The van der Waals surface area contributed by atoms with Gasteiger partial charge in [0.2, 0.25) is 0 Å². The minimum Gasteiger partial charge on any atom is -0.392 e. The van der Waals surface area contributed by atoms with E-state index in [2.05, 4.69) is 24.0 Å². The van der Waals surface area contributed by atoms with E-state index in [0.29, 0.717) is 5.02 Å². The number of nitrogens with zero attached hydrogens (tertiary/aromatic N) is 1. The second-order valence-electron chi connectivity index (χ2n) is 4.68. The van der Waals surface area contributed by atoms with Gasteiger partial charge >= 0.3 is 0 Å². The Morgan fingerprint density at radius 3 is 2.53 bits per heavy atom. The molecule has 0 saturated heterocycles. The Balaban J connectivity index is 2.28. The van der Waals surface area contributed by atoms with E-state index in [1.165, 1.54) is 11.1 Å². The van der Waals surface area contributed by atoms with Gasteiger partial charge in [0, 0.05) is 29.9 Å². The van der Waals surface area contributed by atoms with Gasteiger partial charge in [-0.3, -0.25) is 0 Å². The molecule has 0 saturated carbocycles. The summed E-state index contributed by atoms with van der Waals surface area (Å²) < 4.78 is 0. The molecule has 0 heterocycles. The molecule has 0 unspecified atom stereocenters. The maximum absolute atomic E-state index is 9.46. The van der Waals surface area contributed by atoms with Crippen molar-refractivity contribution in [1.82, 2.24) is 0 Å². The highest BCUT2D eigenvalue weighted by molar-refractivity contribution is 6.31. The molecular weight excluding hydrogens is 258 g/mol. The molecule has 100 valence electrons. The molecule has 2 aromatic carbocycles. The summed E-state index contributed by atoms with van der Waals surface area (Å²) in [6, 6.07) is 14.0. The molecule has 0 amide bonds. The van der Waals surface area contributed by atoms with Crippen molar-refractivity contribution in [2.24, 2.45) is 0 Å². The van der Waals surface area contributed by atoms with Crippen LogP contribution in [0, 0.1) is 6.92 Å². The molecule has 2 aromatic rings. The smallest absolute Gasteiger partial charge is 0.0716 e. The van der Waals surface area contributed by atoms with Gasteiger partial charge in [-0.2, -0.15) is 0 Å². The van der Waals surface area contributed by atoms with Crippen molar-refractivity contribution in [1.29, 1.82) is 0 Å². The molecule has 0 aromatic heterocycles. The average molecular weight is 276 g/mol. The Hall–Kier alpha value is -1.51. The Kier molecular flexibility index (Phi) is 4.46. The molecule has 19 heavy (non-hydrogen) atoms. The lowest BCUT2D eigenvalue weighted by molar-refractivity contribution is 0.282. The lowest BCUT2D eigenvalue weighted by atomic mass is 10.1. The highest BCUT2D eigenvalue weighted by Gasteiger charge is 2.11. The number of anilines is 1. The molecule has 0 bridgehead atoms. The predicted molar refractivity (Wildman–Crippen MR) is 80.7 cm³/mol. The summed E-state index contributed by atoms with van der Waals surface area (Å²) in [6.07, 6.45) is 0. The predicted octanol–water partition coefficient (Wildman–Crippen LogP) is 3.78. The van der Waals surface area contributed by atoms with Crippen molar-refractivity contribution in [2.45, 2.75) is 20.1 Å². The zero-order chi connectivity index (χ0) is 13.8. The van der Waals surface area contributed by atoms with Crippen LogP contribution in [-0.2, 0) is 13.2 Å². The summed E-state index contributed by atoms with van der Waals surface area (Å²) in [5.74, 6) is 0. The average Bonchev–Trinajstić information content (AvgIpc) is 2.41. The maximum atomic E-state index is 9.46. The van der Waals surface area contributed by atoms with E-state index >= 15 is 0 Å². The van der Waals surface area contributed by atoms with Crippen molar-refractivity contribution in [2.75, 3.05) is 11.9 Å². The van der Waals surface area contributed by atoms with Gasteiger partial charge in [0.1, 0.15) is 0 Å². The first kappa shape index (κ1) is 13.9. The number of aryl methyl sites for hydroxylation is 1.